The van der Waals surface area contributed by atoms with E-state index in [1.807, 2.05) is 60.7 Å². The lowest BCUT2D eigenvalue weighted by Gasteiger charge is -2.34. The lowest BCUT2D eigenvalue weighted by molar-refractivity contribution is -0.138. The molecule has 0 aliphatic carbocycles. The van der Waals surface area contributed by atoms with Gasteiger partial charge < -0.3 is 23.9 Å². The van der Waals surface area contributed by atoms with Crippen molar-refractivity contribution in [2.24, 2.45) is 0 Å². The Morgan fingerprint density at radius 2 is 1.97 bits per heavy atom. The number of fused-ring (bicyclic) bond motifs is 2. The van der Waals surface area contributed by atoms with Crippen molar-refractivity contribution in [1.29, 1.82) is 0 Å². The van der Waals surface area contributed by atoms with Gasteiger partial charge in [0.05, 0.1) is 7.11 Å². The van der Waals surface area contributed by atoms with Gasteiger partial charge in [0.2, 0.25) is 0 Å². The van der Waals surface area contributed by atoms with Crippen LogP contribution in [0.1, 0.15) is 42.0 Å². The minimum absolute atomic E-state index is 0.238. The summed E-state index contributed by atoms with van der Waals surface area (Å²) < 4.78 is 17.8. The van der Waals surface area contributed by atoms with Gasteiger partial charge in [0, 0.05) is 18.5 Å². The van der Waals surface area contributed by atoms with E-state index in [0.717, 1.165) is 22.3 Å². The molecule has 1 N–H and O–H groups in total. The van der Waals surface area contributed by atoms with E-state index < -0.39 is 12.0 Å². The zero-order chi connectivity index (χ0) is 24.5. The number of carboxylic acids is 1. The summed E-state index contributed by atoms with van der Waals surface area (Å²) in [5, 5.41) is 10.1. The number of ether oxygens (including phenoxy) is 2. The molecular weight excluding hydrogens is 444 g/mol. The third-order valence-electron chi connectivity index (χ3n) is 6.48. The number of methoxy groups -OCH3 is 1. The molecule has 7 nitrogen and oxygen atoms in total. The van der Waals surface area contributed by atoms with Crippen molar-refractivity contribution in [3.8, 4) is 11.5 Å². The number of hydrogen-bond donors (Lipinski definition) is 1. The smallest absolute Gasteiger partial charge is 0.326 e. The van der Waals surface area contributed by atoms with Gasteiger partial charge in [0.15, 0.2) is 17.1 Å². The number of anilines is 1. The Morgan fingerprint density at radius 1 is 1.17 bits per heavy atom. The predicted octanol–water partition coefficient (Wildman–Crippen LogP) is 5.55. The van der Waals surface area contributed by atoms with Crippen LogP contribution >= 0.6 is 0 Å². The highest BCUT2D eigenvalue weighted by atomic mass is 16.5. The SMILES string of the molecule is COc1ccc2c(c1OCc1ccccc1)CC(C(=O)O)N(c1nc3ccc(C(C)C)cc3o1)C2. The number of aromatic nitrogens is 1. The van der Waals surface area contributed by atoms with Crippen molar-refractivity contribution < 1.29 is 23.8 Å². The largest absolute Gasteiger partial charge is 0.493 e. The van der Waals surface area contributed by atoms with Gasteiger partial charge in [0.25, 0.3) is 6.01 Å². The maximum Gasteiger partial charge on any atom is 0.326 e. The average Bonchev–Trinajstić information content (AvgIpc) is 3.30. The molecule has 0 spiro atoms. The summed E-state index contributed by atoms with van der Waals surface area (Å²) in [4.78, 5) is 18.7. The maximum absolute atomic E-state index is 12.4. The Labute approximate surface area is 203 Å². The third-order valence-corrected chi connectivity index (χ3v) is 6.48. The van der Waals surface area contributed by atoms with Gasteiger partial charge in [-0.3, -0.25) is 0 Å². The Morgan fingerprint density at radius 3 is 2.69 bits per heavy atom. The number of hydrogen-bond acceptors (Lipinski definition) is 6. The molecule has 0 fully saturated rings. The zero-order valence-corrected chi connectivity index (χ0v) is 20.0. The normalized spacial score (nSPS) is 15.3. The topological polar surface area (TPSA) is 85.0 Å². The van der Waals surface area contributed by atoms with Gasteiger partial charge in [0.1, 0.15) is 18.2 Å². The van der Waals surface area contributed by atoms with Crippen molar-refractivity contribution in [1.82, 2.24) is 4.98 Å². The molecule has 5 rings (SSSR count). The molecule has 0 bridgehead atoms. The number of benzene rings is 3. The van der Waals surface area contributed by atoms with E-state index in [2.05, 4.69) is 18.8 Å². The molecule has 1 aliphatic heterocycles. The van der Waals surface area contributed by atoms with Crippen LogP contribution in [0.2, 0.25) is 0 Å². The summed E-state index contributed by atoms with van der Waals surface area (Å²) in [6, 6.07) is 19.0. The molecule has 1 aliphatic rings. The van der Waals surface area contributed by atoms with Gasteiger partial charge in [-0.05, 0) is 40.8 Å². The van der Waals surface area contributed by atoms with Crippen LogP contribution in [-0.4, -0.2) is 29.2 Å². The first kappa shape index (κ1) is 22.8. The fraction of sp³-hybridized carbons (Fsp3) is 0.286. The highest BCUT2D eigenvalue weighted by Gasteiger charge is 2.36. The fourth-order valence-electron chi connectivity index (χ4n) is 4.50. The fourth-order valence-corrected chi connectivity index (χ4v) is 4.50. The van der Waals surface area contributed by atoms with Gasteiger partial charge in [-0.2, -0.15) is 4.98 Å². The second-order valence-electron chi connectivity index (χ2n) is 9.07. The third kappa shape index (κ3) is 4.41. The molecule has 1 unspecified atom stereocenters. The molecule has 4 aromatic rings. The van der Waals surface area contributed by atoms with Crippen molar-refractivity contribution >= 4 is 23.1 Å². The molecule has 2 heterocycles. The first-order valence-corrected chi connectivity index (χ1v) is 11.7. The summed E-state index contributed by atoms with van der Waals surface area (Å²) in [7, 11) is 1.59. The summed E-state index contributed by atoms with van der Waals surface area (Å²) in [6.07, 6.45) is 0.238. The van der Waals surface area contributed by atoms with Gasteiger partial charge >= 0.3 is 5.97 Å². The van der Waals surface area contributed by atoms with E-state index >= 15 is 0 Å². The second kappa shape index (κ2) is 9.33. The number of oxazole rings is 1. The van der Waals surface area contributed by atoms with Gasteiger partial charge in [-0.1, -0.05) is 56.3 Å². The number of rotatable bonds is 7. The molecule has 0 radical (unpaired) electrons. The first-order valence-electron chi connectivity index (χ1n) is 11.7. The van der Waals surface area contributed by atoms with E-state index in [4.69, 9.17) is 13.9 Å². The van der Waals surface area contributed by atoms with Crippen LogP contribution in [0.15, 0.2) is 65.1 Å². The van der Waals surface area contributed by atoms with Crippen LogP contribution in [0.5, 0.6) is 11.5 Å². The highest BCUT2D eigenvalue weighted by Crippen LogP contribution is 2.40. The van der Waals surface area contributed by atoms with Crippen molar-refractivity contribution in [3.05, 3.63) is 82.9 Å². The number of carbonyl (C=O) groups is 1. The van der Waals surface area contributed by atoms with Gasteiger partial charge in [-0.25, -0.2) is 4.79 Å². The molecule has 0 amide bonds. The molecule has 0 saturated carbocycles. The summed E-state index contributed by atoms with van der Waals surface area (Å²) in [5.41, 5.74) is 5.32. The standard InChI is InChI=1S/C28H28N2O5/c1-17(2)19-9-11-22-25(13-19)35-28(29-22)30-15-20-10-12-24(33-3)26(21(20)14-23(30)27(31)32)34-16-18-7-5-4-6-8-18/h4-13,17,23H,14-16H2,1-3H3,(H,31,32). The minimum atomic E-state index is -0.947. The van der Waals surface area contributed by atoms with E-state index in [-0.39, 0.29) is 6.42 Å². The Bertz CT molecular complexity index is 1360. The van der Waals surface area contributed by atoms with Crippen molar-refractivity contribution in [2.45, 2.75) is 45.4 Å². The zero-order valence-electron chi connectivity index (χ0n) is 20.0. The molecule has 180 valence electrons. The summed E-state index contributed by atoms with van der Waals surface area (Å²) in [5.74, 6) is 0.572. The van der Waals surface area contributed by atoms with Crippen LogP contribution in [0.25, 0.3) is 11.1 Å². The van der Waals surface area contributed by atoms with Crippen LogP contribution in [0.4, 0.5) is 6.01 Å². The number of carboxylic acid groups (broad SMARTS) is 1. The molecule has 1 atom stereocenters. The van der Waals surface area contributed by atoms with E-state index in [0.29, 0.717) is 47.7 Å². The van der Waals surface area contributed by atoms with Crippen molar-refractivity contribution in [3.63, 3.8) is 0 Å². The first-order chi connectivity index (χ1) is 16.9. The second-order valence-corrected chi connectivity index (χ2v) is 9.07. The predicted molar refractivity (Wildman–Crippen MR) is 133 cm³/mol. The van der Waals surface area contributed by atoms with Crippen molar-refractivity contribution in [2.75, 3.05) is 12.0 Å². The Balaban J connectivity index is 1.50. The number of nitrogens with zero attached hydrogens (tertiary/aromatic N) is 2. The lowest BCUT2D eigenvalue weighted by Crippen LogP contribution is -2.46. The highest BCUT2D eigenvalue weighted by molar-refractivity contribution is 5.81. The minimum Gasteiger partial charge on any atom is -0.493 e. The maximum atomic E-state index is 12.4. The number of aliphatic carboxylic acids is 1. The molecule has 35 heavy (non-hydrogen) atoms. The van der Waals surface area contributed by atoms with E-state index in [9.17, 15) is 9.90 Å². The van der Waals surface area contributed by atoms with Gasteiger partial charge in [-0.15, -0.1) is 0 Å². The van der Waals surface area contributed by atoms with E-state index in [1.54, 1.807) is 12.0 Å². The van der Waals surface area contributed by atoms with Crippen LogP contribution in [0.3, 0.4) is 0 Å². The molecule has 1 aromatic heterocycles. The quantitative estimate of drug-likeness (QED) is 0.377. The van der Waals surface area contributed by atoms with Crippen LogP contribution in [-0.2, 0) is 24.4 Å². The van der Waals surface area contributed by atoms with E-state index in [1.165, 1.54) is 0 Å². The molecular formula is C28H28N2O5. The Kier molecular flexibility index (Phi) is 6.07. The summed E-state index contributed by atoms with van der Waals surface area (Å²) >= 11 is 0. The Hall–Kier alpha value is -4.00. The summed E-state index contributed by atoms with van der Waals surface area (Å²) in [6.45, 7) is 4.93. The monoisotopic (exact) mass is 472 g/mol. The van der Waals surface area contributed by atoms with Crippen LogP contribution < -0.4 is 14.4 Å². The van der Waals surface area contributed by atoms with Crippen LogP contribution in [0, 0.1) is 0 Å². The molecule has 3 aromatic carbocycles. The lowest BCUT2D eigenvalue weighted by atomic mass is 9.93. The molecule has 7 heteroatoms. The molecule has 0 saturated heterocycles. The average molecular weight is 473 g/mol.